The highest BCUT2D eigenvalue weighted by molar-refractivity contribution is 5.76. The molecule has 0 radical (unpaired) electrons. The molecule has 0 aliphatic heterocycles. The highest BCUT2D eigenvalue weighted by Gasteiger charge is 2.26. The summed E-state index contributed by atoms with van der Waals surface area (Å²) in [5.74, 6) is 1.82. The van der Waals surface area contributed by atoms with Crippen LogP contribution >= 0.6 is 0 Å². The van der Waals surface area contributed by atoms with Crippen molar-refractivity contribution in [1.29, 1.82) is 0 Å². The van der Waals surface area contributed by atoms with Gasteiger partial charge in [-0.2, -0.15) is 5.48 Å². The number of fused-ring (bicyclic) bond motifs is 1. The lowest BCUT2D eigenvalue weighted by molar-refractivity contribution is 0.0867. The van der Waals surface area contributed by atoms with E-state index in [1.165, 1.54) is 18.4 Å². The Morgan fingerprint density at radius 1 is 1.50 bits per heavy atom. The quantitative estimate of drug-likeness (QED) is 0.771. The molecule has 0 saturated heterocycles. The number of rotatable bonds is 4. The van der Waals surface area contributed by atoms with Crippen LogP contribution in [0.3, 0.4) is 0 Å². The van der Waals surface area contributed by atoms with Gasteiger partial charge >= 0.3 is 0 Å². The van der Waals surface area contributed by atoms with Crippen LogP contribution in [0, 0.1) is 0 Å². The van der Waals surface area contributed by atoms with Crippen molar-refractivity contribution in [3.8, 4) is 0 Å². The van der Waals surface area contributed by atoms with Gasteiger partial charge in [0, 0.05) is 12.5 Å². The second-order valence-corrected chi connectivity index (χ2v) is 4.27. The van der Waals surface area contributed by atoms with Crippen LogP contribution < -0.4 is 5.48 Å². The Kier molecular flexibility index (Phi) is 2.38. The average molecular weight is 217 g/mol. The third-order valence-corrected chi connectivity index (χ3v) is 2.95. The Bertz CT molecular complexity index is 502. The Morgan fingerprint density at radius 3 is 3.12 bits per heavy atom. The number of hydroxylamine groups is 1. The van der Waals surface area contributed by atoms with Gasteiger partial charge in [-0.15, -0.1) is 0 Å². The van der Waals surface area contributed by atoms with Crippen molar-refractivity contribution in [2.24, 2.45) is 0 Å². The molecule has 0 amide bonds. The number of hydrogen-bond donors (Lipinski definition) is 2. The van der Waals surface area contributed by atoms with Crippen molar-refractivity contribution >= 4 is 11.0 Å². The topological polar surface area (TPSA) is 49.9 Å². The smallest absolute Gasteiger partial charge is 0.110 e. The normalized spacial score (nSPS) is 15.8. The van der Waals surface area contributed by atoms with E-state index in [9.17, 15) is 0 Å². The maximum atomic E-state index is 4.84. The fourth-order valence-electron chi connectivity index (χ4n) is 1.89. The summed E-state index contributed by atoms with van der Waals surface area (Å²) in [6, 6.07) is 6.26. The van der Waals surface area contributed by atoms with Gasteiger partial charge in [-0.1, -0.05) is 6.07 Å². The van der Waals surface area contributed by atoms with E-state index in [1.807, 2.05) is 0 Å². The second kappa shape index (κ2) is 3.88. The summed E-state index contributed by atoms with van der Waals surface area (Å²) in [5.41, 5.74) is 6.21. The summed E-state index contributed by atoms with van der Waals surface area (Å²) in [6.07, 6.45) is 2.55. The maximum absolute atomic E-state index is 4.84. The van der Waals surface area contributed by atoms with Gasteiger partial charge in [0.15, 0.2) is 0 Å². The SMILES string of the molecule is CONCc1ccc2nc(C3CC3)[nH]c2c1. The highest BCUT2D eigenvalue weighted by Crippen LogP contribution is 2.38. The molecule has 0 unspecified atom stereocenters. The Hall–Kier alpha value is -1.39. The van der Waals surface area contributed by atoms with Crippen molar-refractivity contribution in [3.63, 3.8) is 0 Å². The predicted molar refractivity (Wildman–Crippen MR) is 61.9 cm³/mol. The van der Waals surface area contributed by atoms with Crippen molar-refractivity contribution in [2.45, 2.75) is 25.3 Å². The number of hydrogen-bond acceptors (Lipinski definition) is 3. The molecule has 1 heterocycles. The molecule has 1 saturated carbocycles. The zero-order chi connectivity index (χ0) is 11.0. The van der Waals surface area contributed by atoms with Crippen LogP contribution in [0.5, 0.6) is 0 Å². The first kappa shape index (κ1) is 9.81. The lowest BCUT2D eigenvalue weighted by Crippen LogP contribution is -2.10. The van der Waals surface area contributed by atoms with Crippen molar-refractivity contribution < 1.29 is 4.84 Å². The number of nitrogens with one attached hydrogen (secondary N) is 2. The van der Waals surface area contributed by atoms with Crippen molar-refractivity contribution in [2.75, 3.05) is 7.11 Å². The minimum atomic E-state index is 0.674. The fourth-order valence-corrected chi connectivity index (χ4v) is 1.89. The van der Waals surface area contributed by atoms with Crippen LogP contribution in [0.15, 0.2) is 18.2 Å². The number of benzene rings is 1. The van der Waals surface area contributed by atoms with Crippen LogP contribution in [-0.2, 0) is 11.4 Å². The van der Waals surface area contributed by atoms with E-state index in [1.54, 1.807) is 7.11 Å². The van der Waals surface area contributed by atoms with Gasteiger partial charge < -0.3 is 9.82 Å². The molecule has 1 aliphatic rings. The van der Waals surface area contributed by atoms with Gasteiger partial charge in [0.25, 0.3) is 0 Å². The number of imidazole rings is 1. The third-order valence-electron chi connectivity index (χ3n) is 2.95. The Balaban J connectivity index is 1.90. The molecule has 1 aromatic heterocycles. The minimum absolute atomic E-state index is 0.674. The summed E-state index contributed by atoms with van der Waals surface area (Å²) >= 11 is 0. The highest BCUT2D eigenvalue weighted by atomic mass is 16.6. The monoisotopic (exact) mass is 217 g/mol. The molecular weight excluding hydrogens is 202 g/mol. The van der Waals surface area contributed by atoms with E-state index < -0.39 is 0 Å². The lowest BCUT2D eigenvalue weighted by atomic mass is 10.2. The summed E-state index contributed by atoms with van der Waals surface area (Å²) in [7, 11) is 1.62. The average Bonchev–Trinajstić information content (AvgIpc) is 3.06. The van der Waals surface area contributed by atoms with E-state index in [0.717, 1.165) is 16.9 Å². The van der Waals surface area contributed by atoms with Crippen LogP contribution in [0.2, 0.25) is 0 Å². The first-order valence-corrected chi connectivity index (χ1v) is 5.61. The Labute approximate surface area is 94.0 Å². The van der Waals surface area contributed by atoms with Crippen LogP contribution in [-0.4, -0.2) is 17.1 Å². The van der Waals surface area contributed by atoms with Gasteiger partial charge in [-0.05, 0) is 30.5 Å². The molecule has 0 atom stereocenters. The molecule has 3 rings (SSSR count). The number of aromatic nitrogens is 2. The van der Waals surface area contributed by atoms with E-state index >= 15 is 0 Å². The van der Waals surface area contributed by atoms with E-state index in [4.69, 9.17) is 4.84 Å². The van der Waals surface area contributed by atoms with E-state index in [-0.39, 0.29) is 0 Å². The van der Waals surface area contributed by atoms with E-state index in [0.29, 0.717) is 12.5 Å². The van der Waals surface area contributed by atoms with Gasteiger partial charge in [0.1, 0.15) is 5.82 Å². The minimum Gasteiger partial charge on any atom is -0.342 e. The van der Waals surface area contributed by atoms with Crippen LogP contribution in [0.1, 0.15) is 30.1 Å². The first-order chi connectivity index (χ1) is 7.86. The molecule has 1 aliphatic carbocycles. The molecule has 2 N–H and O–H groups in total. The van der Waals surface area contributed by atoms with Crippen molar-refractivity contribution in [1.82, 2.24) is 15.4 Å². The standard InChI is InChI=1S/C12H15N3O/c1-16-13-7-8-2-5-10-11(6-8)15-12(14-10)9-3-4-9/h2,5-6,9,13H,3-4,7H2,1H3,(H,14,15). The van der Waals surface area contributed by atoms with Gasteiger partial charge in [-0.3, -0.25) is 0 Å². The molecule has 2 aromatic rings. The summed E-state index contributed by atoms with van der Waals surface area (Å²) in [4.78, 5) is 12.8. The molecule has 4 nitrogen and oxygen atoms in total. The summed E-state index contributed by atoms with van der Waals surface area (Å²) in [5, 5.41) is 0. The van der Waals surface area contributed by atoms with Gasteiger partial charge in [-0.25, -0.2) is 4.98 Å². The fraction of sp³-hybridized carbons (Fsp3) is 0.417. The molecule has 16 heavy (non-hydrogen) atoms. The summed E-state index contributed by atoms with van der Waals surface area (Å²) in [6.45, 7) is 0.713. The third kappa shape index (κ3) is 1.81. The first-order valence-electron chi connectivity index (χ1n) is 5.61. The zero-order valence-electron chi connectivity index (χ0n) is 9.29. The number of nitrogens with zero attached hydrogens (tertiary/aromatic N) is 1. The largest absolute Gasteiger partial charge is 0.342 e. The van der Waals surface area contributed by atoms with Gasteiger partial charge in [0.2, 0.25) is 0 Å². The lowest BCUT2D eigenvalue weighted by Gasteiger charge is -2.01. The molecule has 1 fully saturated rings. The number of H-pyrrole nitrogens is 1. The molecule has 1 aromatic carbocycles. The molecule has 84 valence electrons. The second-order valence-electron chi connectivity index (χ2n) is 4.27. The molecule has 0 spiro atoms. The molecule has 4 heteroatoms. The van der Waals surface area contributed by atoms with Gasteiger partial charge in [0.05, 0.1) is 18.1 Å². The van der Waals surface area contributed by atoms with Crippen molar-refractivity contribution in [3.05, 3.63) is 29.6 Å². The molecule has 0 bridgehead atoms. The number of aromatic amines is 1. The van der Waals surface area contributed by atoms with Crippen LogP contribution in [0.25, 0.3) is 11.0 Å². The molecular formula is C12H15N3O. The maximum Gasteiger partial charge on any atom is 0.110 e. The Morgan fingerprint density at radius 2 is 2.38 bits per heavy atom. The zero-order valence-corrected chi connectivity index (χ0v) is 9.29. The summed E-state index contributed by atoms with van der Waals surface area (Å²) < 4.78 is 0. The predicted octanol–water partition coefficient (Wildman–Crippen LogP) is 2.09. The van der Waals surface area contributed by atoms with E-state index in [2.05, 4.69) is 33.6 Å². The van der Waals surface area contributed by atoms with Crippen LogP contribution in [0.4, 0.5) is 0 Å².